The first-order chi connectivity index (χ1) is 20.7. The van der Waals surface area contributed by atoms with E-state index in [0.717, 1.165) is 36.8 Å². The van der Waals surface area contributed by atoms with Crippen molar-refractivity contribution in [3.63, 3.8) is 0 Å². The Kier molecular flexibility index (Phi) is 14.8. The lowest BCUT2D eigenvalue weighted by molar-refractivity contribution is 0.0817. The predicted molar refractivity (Wildman–Crippen MR) is 186 cm³/mol. The number of rotatable bonds is 19. The van der Waals surface area contributed by atoms with Crippen LogP contribution in [0.4, 0.5) is 11.4 Å². The molecule has 0 aliphatic carbocycles. The summed E-state index contributed by atoms with van der Waals surface area (Å²) in [5.41, 5.74) is 14.9. The van der Waals surface area contributed by atoms with Gasteiger partial charge in [0.05, 0.1) is 24.3 Å². The molecule has 2 rings (SSSR count). The summed E-state index contributed by atoms with van der Waals surface area (Å²) < 4.78 is 12.4. The second kappa shape index (κ2) is 17.5. The average Bonchev–Trinajstić information content (AvgIpc) is 2.95. The maximum Gasteiger partial charge on any atom is 0.235 e. The molecular formula is C38H60N2O4. The highest BCUT2D eigenvalue weighted by Crippen LogP contribution is 2.38. The molecule has 0 saturated heterocycles. The van der Waals surface area contributed by atoms with Crippen molar-refractivity contribution in [2.75, 3.05) is 24.7 Å². The Morgan fingerprint density at radius 1 is 0.545 bits per heavy atom. The summed E-state index contributed by atoms with van der Waals surface area (Å²) >= 11 is 0. The van der Waals surface area contributed by atoms with E-state index in [9.17, 15) is 9.59 Å². The number of nitrogen functional groups attached to an aromatic ring is 2. The number of ether oxygens (including phenoxy) is 2. The first-order valence-electron chi connectivity index (χ1n) is 16.9. The van der Waals surface area contributed by atoms with Gasteiger partial charge in [-0.15, -0.1) is 0 Å². The Labute approximate surface area is 267 Å². The Morgan fingerprint density at radius 3 is 1.18 bits per heavy atom. The Bertz CT molecular complexity index is 1130. The van der Waals surface area contributed by atoms with Gasteiger partial charge >= 0.3 is 0 Å². The molecule has 0 amide bonds. The molecule has 2 aromatic carbocycles. The SMILES string of the molecule is CCCCCCCCOc1cc(C(=O)C(=O)c2cc(OCCCCCCCC)c(C(C)(C)C)cc2N)c(N)cc1C(C)(C)C. The van der Waals surface area contributed by atoms with Gasteiger partial charge in [0.25, 0.3) is 0 Å². The maximum atomic E-state index is 13.7. The third kappa shape index (κ3) is 11.2. The molecule has 0 aliphatic rings. The zero-order valence-electron chi connectivity index (χ0n) is 29.0. The summed E-state index contributed by atoms with van der Waals surface area (Å²) in [6.07, 6.45) is 13.8. The fourth-order valence-corrected chi connectivity index (χ4v) is 5.37. The Hall–Kier alpha value is -3.02. The number of ketones is 2. The number of carbonyl (C=O) groups excluding carboxylic acids is 2. The highest BCUT2D eigenvalue weighted by molar-refractivity contribution is 6.51. The van der Waals surface area contributed by atoms with Gasteiger partial charge < -0.3 is 20.9 Å². The number of unbranched alkanes of at least 4 members (excludes halogenated alkanes) is 10. The minimum absolute atomic E-state index is 0.134. The molecule has 0 radical (unpaired) electrons. The van der Waals surface area contributed by atoms with Gasteiger partial charge in [0.15, 0.2) is 0 Å². The van der Waals surface area contributed by atoms with Crippen molar-refractivity contribution in [3.8, 4) is 11.5 Å². The molecule has 0 atom stereocenters. The van der Waals surface area contributed by atoms with E-state index in [1.165, 1.54) is 51.4 Å². The highest BCUT2D eigenvalue weighted by atomic mass is 16.5. The molecule has 4 N–H and O–H groups in total. The van der Waals surface area contributed by atoms with Gasteiger partial charge in [-0.2, -0.15) is 0 Å². The number of Topliss-reactive ketones (excluding diaryl/α,β-unsaturated/α-hetero) is 2. The van der Waals surface area contributed by atoms with E-state index in [-0.39, 0.29) is 33.3 Å². The average molecular weight is 609 g/mol. The quantitative estimate of drug-likeness (QED) is 0.0712. The second-order valence-corrected chi connectivity index (χ2v) is 14.3. The Balaban J connectivity index is 2.32. The fourth-order valence-electron chi connectivity index (χ4n) is 5.37. The number of anilines is 2. The third-order valence-corrected chi connectivity index (χ3v) is 8.13. The lowest BCUT2D eigenvalue weighted by Gasteiger charge is -2.25. The summed E-state index contributed by atoms with van der Waals surface area (Å²) in [6.45, 7) is 18.0. The summed E-state index contributed by atoms with van der Waals surface area (Å²) in [5, 5.41) is 0. The molecule has 2 aromatic rings. The van der Waals surface area contributed by atoms with E-state index in [2.05, 4.69) is 55.4 Å². The fraction of sp³-hybridized carbons (Fsp3) is 0.632. The first kappa shape index (κ1) is 37.2. The van der Waals surface area contributed by atoms with E-state index >= 15 is 0 Å². The molecule has 0 heterocycles. The Morgan fingerprint density at radius 2 is 0.864 bits per heavy atom. The predicted octanol–water partition coefficient (Wildman–Crippen LogP) is 9.99. The lowest BCUT2D eigenvalue weighted by atomic mass is 9.83. The van der Waals surface area contributed by atoms with Crippen LogP contribution in [0.15, 0.2) is 24.3 Å². The number of nitrogens with two attached hydrogens (primary N) is 2. The molecule has 246 valence electrons. The minimum Gasteiger partial charge on any atom is -0.493 e. The van der Waals surface area contributed by atoms with Crippen molar-refractivity contribution in [2.45, 2.75) is 143 Å². The van der Waals surface area contributed by atoms with Gasteiger partial charge in [0.2, 0.25) is 11.6 Å². The van der Waals surface area contributed by atoms with Crippen LogP contribution >= 0.6 is 0 Å². The zero-order chi connectivity index (χ0) is 32.9. The van der Waals surface area contributed by atoms with E-state index in [1.807, 2.05) is 0 Å². The van der Waals surface area contributed by atoms with E-state index < -0.39 is 11.6 Å². The summed E-state index contributed by atoms with van der Waals surface area (Å²) in [7, 11) is 0. The van der Waals surface area contributed by atoms with Crippen LogP contribution in [0.1, 0.15) is 164 Å². The number of hydrogen-bond acceptors (Lipinski definition) is 6. The molecule has 0 aromatic heterocycles. The van der Waals surface area contributed by atoms with Crippen LogP contribution in [0.5, 0.6) is 11.5 Å². The van der Waals surface area contributed by atoms with Gasteiger partial charge in [-0.3, -0.25) is 9.59 Å². The van der Waals surface area contributed by atoms with E-state index in [1.54, 1.807) is 24.3 Å². The van der Waals surface area contributed by atoms with Crippen LogP contribution in [-0.2, 0) is 10.8 Å². The van der Waals surface area contributed by atoms with Crippen LogP contribution in [0.2, 0.25) is 0 Å². The largest absolute Gasteiger partial charge is 0.493 e. The third-order valence-electron chi connectivity index (χ3n) is 8.13. The van der Waals surface area contributed by atoms with Crippen molar-refractivity contribution in [2.24, 2.45) is 0 Å². The smallest absolute Gasteiger partial charge is 0.235 e. The van der Waals surface area contributed by atoms with Crippen molar-refractivity contribution < 1.29 is 19.1 Å². The molecule has 0 saturated carbocycles. The van der Waals surface area contributed by atoms with Gasteiger partial charge in [0, 0.05) is 22.5 Å². The van der Waals surface area contributed by atoms with E-state index in [0.29, 0.717) is 24.7 Å². The lowest BCUT2D eigenvalue weighted by Crippen LogP contribution is -2.21. The van der Waals surface area contributed by atoms with Crippen LogP contribution in [0.3, 0.4) is 0 Å². The highest BCUT2D eigenvalue weighted by Gasteiger charge is 2.29. The molecule has 44 heavy (non-hydrogen) atoms. The van der Waals surface area contributed by atoms with Crippen LogP contribution in [0, 0.1) is 0 Å². The van der Waals surface area contributed by atoms with Crippen molar-refractivity contribution in [1.82, 2.24) is 0 Å². The molecule has 0 aliphatic heterocycles. The standard InChI is InChI=1S/C38H60N2O4/c1-9-11-13-15-17-19-21-43-33-23-27(31(39)25-29(33)37(3,4)5)35(41)36(42)28-24-34(30(26-32(28)40)38(6,7)8)44-22-20-18-16-14-12-10-2/h23-26H,9-22,39-40H2,1-8H3. The van der Waals surface area contributed by atoms with Gasteiger partial charge in [0.1, 0.15) is 11.5 Å². The molecule has 6 heteroatoms. The molecule has 6 nitrogen and oxygen atoms in total. The van der Waals surface area contributed by atoms with Gasteiger partial charge in [-0.05, 0) is 47.9 Å². The normalized spacial score (nSPS) is 11.9. The number of benzene rings is 2. The zero-order valence-corrected chi connectivity index (χ0v) is 29.0. The maximum absolute atomic E-state index is 13.7. The minimum atomic E-state index is -0.704. The molecular weight excluding hydrogens is 548 g/mol. The monoisotopic (exact) mass is 608 g/mol. The van der Waals surface area contributed by atoms with Crippen LogP contribution < -0.4 is 20.9 Å². The van der Waals surface area contributed by atoms with E-state index in [4.69, 9.17) is 20.9 Å². The molecule has 0 spiro atoms. The summed E-state index contributed by atoms with van der Waals surface area (Å²) in [6, 6.07) is 6.84. The van der Waals surface area contributed by atoms with Crippen molar-refractivity contribution in [3.05, 3.63) is 46.5 Å². The van der Waals surface area contributed by atoms with Crippen molar-refractivity contribution >= 4 is 22.9 Å². The first-order valence-corrected chi connectivity index (χ1v) is 16.9. The van der Waals surface area contributed by atoms with Gasteiger partial charge in [-0.1, -0.05) is 120 Å². The number of hydrogen-bond donors (Lipinski definition) is 2. The summed E-state index contributed by atoms with van der Waals surface area (Å²) in [5.74, 6) is -0.222. The van der Waals surface area contributed by atoms with Crippen molar-refractivity contribution in [1.29, 1.82) is 0 Å². The molecule has 0 fully saturated rings. The molecule has 0 bridgehead atoms. The number of carbonyl (C=O) groups is 2. The topological polar surface area (TPSA) is 105 Å². The second-order valence-electron chi connectivity index (χ2n) is 14.3. The van der Waals surface area contributed by atoms with Gasteiger partial charge in [-0.25, -0.2) is 0 Å². The summed E-state index contributed by atoms with van der Waals surface area (Å²) in [4.78, 5) is 27.4. The van der Waals surface area contributed by atoms with Crippen LogP contribution in [-0.4, -0.2) is 24.8 Å². The van der Waals surface area contributed by atoms with Crippen LogP contribution in [0.25, 0.3) is 0 Å². The molecule has 0 unspecified atom stereocenters.